The van der Waals surface area contributed by atoms with Gasteiger partial charge in [0.05, 0.1) is 0 Å². The largest absolute Gasteiger partial charge is 0.370 e. The molecule has 0 aliphatic carbocycles. The molecule has 0 spiro atoms. The van der Waals surface area contributed by atoms with Crippen LogP contribution in [0.1, 0.15) is 17.2 Å². The van der Waals surface area contributed by atoms with Crippen LogP contribution in [0, 0.1) is 11.6 Å². The smallest absolute Gasteiger partial charge is 0.194 e. The first-order valence-corrected chi connectivity index (χ1v) is 10.5. The summed E-state index contributed by atoms with van der Waals surface area (Å²) in [5, 5.41) is 3.20. The van der Waals surface area contributed by atoms with Gasteiger partial charge in [-0.3, -0.25) is 4.90 Å². The summed E-state index contributed by atoms with van der Waals surface area (Å²) >= 11 is 6.89. The van der Waals surface area contributed by atoms with Crippen LogP contribution in [0.2, 0.25) is 0 Å². The van der Waals surface area contributed by atoms with Crippen LogP contribution >= 0.6 is 31.9 Å². The number of nitrogens with two attached hydrogens (primary N) is 1. The Morgan fingerprint density at radius 1 is 1.10 bits per heavy atom. The van der Waals surface area contributed by atoms with Crippen molar-refractivity contribution in [3.05, 3.63) is 84.9 Å². The number of rotatable bonds is 2. The minimum absolute atomic E-state index is 0.298. The predicted molar refractivity (Wildman–Crippen MR) is 118 cm³/mol. The number of benzene rings is 2. The molecule has 29 heavy (non-hydrogen) atoms. The molecular formula is C21H18Br2F2N4. The second kappa shape index (κ2) is 8.01. The normalized spacial score (nSPS) is 21.1. The quantitative estimate of drug-likeness (QED) is 0.598. The molecule has 0 amide bonds. The summed E-state index contributed by atoms with van der Waals surface area (Å²) in [6.07, 6.45) is 2.01. The molecule has 2 aromatic carbocycles. The number of likely N-dealkylation sites (N-methyl/N-ethyl adjacent to an activating group) is 1. The van der Waals surface area contributed by atoms with Crippen molar-refractivity contribution in [2.75, 3.05) is 20.1 Å². The SMILES string of the molecule is CN1CC2=C(NC(N)=NC2c2ccc(F)cc2Br)/C(=C/c2ccc(F)cc2Br)C1. The van der Waals surface area contributed by atoms with Crippen molar-refractivity contribution in [2.24, 2.45) is 10.7 Å². The predicted octanol–water partition coefficient (Wildman–Crippen LogP) is 4.73. The van der Waals surface area contributed by atoms with Gasteiger partial charge in [0.25, 0.3) is 0 Å². The molecule has 0 saturated heterocycles. The molecule has 8 heteroatoms. The number of nitrogens with zero attached hydrogens (tertiary/aromatic N) is 2. The van der Waals surface area contributed by atoms with Gasteiger partial charge >= 0.3 is 0 Å². The van der Waals surface area contributed by atoms with Crippen LogP contribution < -0.4 is 11.1 Å². The number of halogens is 4. The second-order valence-corrected chi connectivity index (χ2v) is 8.82. The van der Waals surface area contributed by atoms with E-state index >= 15 is 0 Å². The second-order valence-electron chi connectivity index (χ2n) is 7.12. The van der Waals surface area contributed by atoms with Crippen LogP contribution in [0.25, 0.3) is 6.08 Å². The molecular weight excluding hydrogens is 506 g/mol. The highest BCUT2D eigenvalue weighted by Crippen LogP contribution is 2.39. The Morgan fingerprint density at radius 2 is 1.79 bits per heavy atom. The Bertz CT molecular complexity index is 1080. The Morgan fingerprint density at radius 3 is 2.48 bits per heavy atom. The van der Waals surface area contributed by atoms with Crippen LogP contribution in [0.4, 0.5) is 8.78 Å². The number of nitrogens with one attached hydrogen (secondary N) is 1. The molecule has 1 unspecified atom stereocenters. The maximum atomic E-state index is 13.6. The lowest BCUT2D eigenvalue weighted by molar-refractivity contribution is 0.368. The van der Waals surface area contributed by atoms with Gasteiger partial charge in [0.2, 0.25) is 0 Å². The molecule has 4 rings (SSSR count). The summed E-state index contributed by atoms with van der Waals surface area (Å²) in [4.78, 5) is 6.76. The number of hydrogen-bond acceptors (Lipinski definition) is 4. The zero-order valence-electron chi connectivity index (χ0n) is 15.5. The van der Waals surface area contributed by atoms with E-state index in [-0.39, 0.29) is 17.7 Å². The van der Waals surface area contributed by atoms with Crippen LogP contribution in [-0.4, -0.2) is 31.0 Å². The van der Waals surface area contributed by atoms with Gasteiger partial charge < -0.3 is 11.1 Å². The zero-order valence-corrected chi connectivity index (χ0v) is 18.7. The first kappa shape index (κ1) is 20.3. The lowest BCUT2D eigenvalue weighted by Gasteiger charge is -2.36. The van der Waals surface area contributed by atoms with Gasteiger partial charge in [-0.25, -0.2) is 13.8 Å². The molecule has 0 aromatic heterocycles. The first-order valence-electron chi connectivity index (χ1n) is 8.94. The summed E-state index contributed by atoms with van der Waals surface area (Å²) in [6, 6.07) is 8.86. The fourth-order valence-electron chi connectivity index (χ4n) is 3.67. The third-order valence-corrected chi connectivity index (χ3v) is 6.30. The molecule has 0 bridgehead atoms. The highest BCUT2D eigenvalue weighted by molar-refractivity contribution is 9.10. The molecule has 4 nitrogen and oxygen atoms in total. The van der Waals surface area contributed by atoms with Gasteiger partial charge in [-0.05, 0) is 59.7 Å². The van der Waals surface area contributed by atoms with Gasteiger partial charge in [0.1, 0.15) is 17.7 Å². The Hall–Kier alpha value is -2.03. The topological polar surface area (TPSA) is 53.6 Å². The summed E-state index contributed by atoms with van der Waals surface area (Å²) in [6.45, 7) is 1.38. The van der Waals surface area contributed by atoms with E-state index in [9.17, 15) is 8.78 Å². The fourth-order valence-corrected chi connectivity index (χ4v) is 4.70. The molecule has 0 saturated carbocycles. The van der Waals surface area contributed by atoms with Crippen LogP contribution in [0.15, 0.2) is 67.2 Å². The fraction of sp³-hybridized carbons (Fsp3) is 0.190. The highest BCUT2D eigenvalue weighted by Gasteiger charge is 2.32. The van der Waals surface area contributed by atoms with Gasteiger partial charge in [-0.1, -0.05) is 44.0 Å². The van der Waals surface area contributed by atoms with E-state index in [0.29, 0.717) is 28.0 Å². The van der Waals surface area contributed by atoms with E-state index in [1.54, 1.807) is 12.1 Å². The lowest BCUT2D eigenvalue weighted by Crippen LogP contribution is -2.43. The van der Waals surface area contributed by atoms with Crippen molar-refractivity contribution in [3.63, 3.8) is 0 Å². The molecule has 2 aromatic rings. The molecule has 2 aliphatic rings. The van der Waals surface area contributed by atoms with Crippen molar-refractivity contribution in [1.82, 2.24) is 10.2 Å². The Balaban J connectivity index is 1.83. The minimum Gasteiger partial charge on any atom is -0.370 e. The summed E-state index contributed by atoms with van der Waals surface area (Å²) in [7, 11) is 2.02. The maximum absolute atomic E-state index is 13.6. The van der Waals surface area contributed by atoms with Gasteiger partial charge in [-0.2, -0.15) is 0 Å². The van der Waals surface area contributed by atoms with Crippen LogP contribution in [0.3, 0.4) is 0 Å². The van der Waals surface area contributed by atoms with E-state index in [1.165, 1.54) is 24.3 Å². The minimum atomic E-state index is -0.330. The molecule has 150 valence electrons. The van der Waals surface area contributed by atoms with Crippen molar-refractivity contribution in [3.8, 4) is 0 Å². The average molecular weight is 524 g/mol. The third-order valence-electron chi connectivity index (χ3n) is 4.92. The standard InChI is InChI=1S/C21H18Br2F2N4/c1-29-9-12(6-11-2-3-13(24)7-17(11)22)19-16(10-29)20(28-21(26)27-19)15-5-4-14(25)8-18(15)23/h2-8,20H,9-10H2,1H3,(H3,26,27,28)/b12-6+. The number of guanidine groups is 1. The van der Waals surface area contributed by atoms with Crippen molar-refractivity contribution < 1.29 is 8.78 Å². The van der Waals surface area contributed by atoms with E-state index in [1.807, 2.05) is 13.1 Å². The van der Waals surface area contributed by atoms with Crippen LogP contribution in [-0.2, 0) is 0 Å². The van der Waals surface area contributed by atoms with E-state index < -0.39 is 0 Å². The van der Waals surface area contributed by atoms with E-state index in [2.05, 4.69) is 47.1 Å². The lowest BCUT2D eigenvalue weighted by atomic mass is 9.89. The van der Waals surface area contributed by atoms with Crippen molar-refractivity contribution >= 4 is 43.9 Å². The molecule has 0 radical (unpaired) electrons. The number of hydrogen-bond donors (Lipinski definition) is 2. The van der Waals surface area contributed by atoms with Gasteiger partial charge in [-0.15, -0.1) is 0 Å². The maximum Gasteiger partial charge on any atom is 0.194 e. The summed E-state index contributed by atoms with van der Waals surface area (Å²) in [5.74, 6) is -0.310. The molecule has 3 N–H and O–H groups in total. The summed E-state index contributed by atoms with van der Waals surface area (Å²) in [5.41, 5.74) is 10.8. The monoisotopic (exact) mass is 522 g/mol. The zero-order chi connectivity index (χ0) is 20.7. The average Bonchev–Trinajstić information content (AvgIpc) is 2.64. The van der Waals surface area contributed by atoms with Gasteiger partial charge in [0, 0.05) is 27.7 Å². The third kappa shape index (κ3) is 4.15. The van der Waals surface area contributed by atoms with E-state index in [0.717, 1.165) is 28.0 Å². The number of aliphatic imine (C=N–C) groups is 1. The highest BCUT2D eigenvalue weighted by atomic mass is 79.9. The summed E-state index contributed by atoms with van der Waals surface area (Å²) < 4.78 is 28.4. The molecule has 2 aliphatic heterocycles. The van der Waals surface area contributed by atoms with E-state index in [4.69, 9.17) is 5.73 Å². The Labute approximate surface area is 184 Å². The first-order chi connectivity index (χ1) is 13.8. The molecule has 2 heterocycles. The van der Waals surface area contributed by atoms with Gasteiger partial charge in [0.15, 0.2) is 5.96 Å². The Kier molecular flexibility index (Phi) is 5.59. The molecule has 1 atom stereocenters. The molecule has 0 fully saturated rings. The van der Waals surface area contributed by atoms with Crippen molar-refractivity contribution in [2.45, 2.75) is 6.04 Å². The van der Waals surface area contributed by atoms with Crippen LogP contribution in [0.5, 0.6) is 0 Å². The van der Waals surface area contributed by atoms with Crippen molar-refractivity contribution in [1.29, 1.82) is 0 Å².